The van der Waals surface area contributed by atoms with E-state index in [0.29, 0.717) is 23.9 Å². The molecule has 3 unspecified atom stereocenters. The van der Waals surface area contributed by atoms with Crippen molar-refractivity contribution in [3.05, 3.63) is 109 Å². The van der Waals surface area contributed by atoms with E-state index in [9.17, 15) is 19.0 Å². The Morgan fingerprint density at radius 3 is 1.13 bits per heavy atom. The van der Waals surface area contributed by atoms with Gasteiger partial charge in [0.1, 0.15) is 19.3 Å². The third-order valence-corrected chi connectivity index (χ3v) is 15.6. The minimum atomic E-state index is -4.72. The maximum Gasteiger partial charge on any atom is 0.306 e. The van der Waals surface area contributed by atoms with Gasteiger partial charge in [0.25, 0.3) is 7.82 Å². The van der Waals surface area contributed by atoms with Crippen LogP contribution in [-0.4, -0.2) is 69.4 Å². The minimum Gasteiger partial charge on any atom is -0.756 e. The third kappa shape index (κ3) is 63.0. The lowest BCUT2D eigenvalue weighted by Gasteiger charge is -2.30. The Hall–Kier alpha value is -3.33. The second-order valence-corrected chi connectivity index (χ2v) is 25.4. The maximum absolute atomic E-state index is 13.6. The maximum atomic E-state index is 13.6. The molecule has 1 N–H and O–H groups in total. The van der Waals surface area contributed by atoms with Crippen molar-refractivity contribution in [2.45, 2.75) is 303 Å². The number of phosphoric ester groups is 1. The molecule has 0 aromatic carbocycles. The lowest BCUT2D eigenvalue weighted by molar-refractivity contribution is -0.870. The molecule has 0 heterocycles. The number of likely N-dealkylation sites (N-methyl/N-ethyl adjacent to an activating group) is 1. The quantitative estimate of drug-likeness (QED) is 0.0212. The molecule has 1 amide bonds. The zero-order valence-corrected chi connectivity index (χ0v) is 55.5. The fraction of sp³-hybridized carbons (Fsp3) is 0.726. The number of phosphoric acid groups is 1. The molecule has 0 rings (SSSR count). The molecule has 3 atom stereocenters. The highest BCUT2D eigenvalue weighted by Crippen LogP contribution is 2.38. The van der Waals surface area contributed by atoms with Crippen LogP contribution < -0.4 is 10.2 Å². The van der Waals surface area contributed by atoms with Crippen molar-refractivity contribution in [1.82, 2.24) is 5.32 Å². The van der Waals surface area contributed by atoms with Crippen LogP contribution in [-0.2, 0) is 27.9 Å². The summed E-state index contributed by atoms with van der Waals surface area (Å²) in [5.74, 6) is -0.585. The zero-order valence-electron chi connectivity index (χ0n) is 54.6. The van der Waals surface area contributed by atoms with Gasteiger partial charge in [0.15, 0.2) is 0 Å². The summed E-state index contributed by atoms with van der Waals surface area (Å²) in [6.45, 7) is 6.77. The smallest absolute Gasteiger partial charge is 0.306 e. The number of rotatable bonds is 61. The largest absolute Gasteiger partial charge is 0.756 e. The van der Waals surface area contributed by atoms with Crippen LogP contribution in [0.2, 0.25) is 0 Å². The summed E-state index contributed by atoms with van der Waals surface area (Å²) >= 11 is 0. The normalized spacial score (nSPS) is 14.3. The summed E-state index contributed by atoms with van der Waals surface area (Å²) < 4.78 is 30.4. The van der Waals surface area contributed by atoms with Gasteiger partial charge in [-0.3, -0.25) is 14.2 Å². The number of ether oxygens (including phenoxy) is 1. The van der Waals surface area contributed by atoms with E-state index in [1.807, 2.05) is 33.3 Å². The molecule has 0 aliphatic heterocycles. The Labute approximate surface area is 512 Å². The minimum absolute atomic E-state index is 0.0340. The summed E-state index contributed by atoms with van der Waals surface area (Å²) in [5, 5.41) is 3.03. The van der Waals surface area contributed by atoms with Gasteiger partial charge >= 0.3 is 5.97 Å². The molecule has 0 saturated carbocycles. The monoisotopic (exact) mass is 1180 g/mol. The molecule has 0 fully saturated rings. The van der Waals surface area contributed by atoms with Gasteiger partial charge in [0, 0.05) is 12.8 Å². The van der Waals surface area contributed by atoms with Crippen LogP contribution in [0.25, 0.3) is 0 Å². The number of carbonyl (C=O) groups is 2. The Balaban J connectivity index is 5.23. The molecule has 0 bridgehead atoms. The Morgan fingerprint density at radius 2 is 0.735 bits per heavy atom. The molecule has 0 radical (unpaired) electrons. The van der Waals surface area contributed by atoms with E-state index in [-0.39, 0.29) is 24.9 Å². The first kappa shape index (κ1) is 79.7. The number of unbranched alkanes of at least 4 members (excludes halogenated alkanes) is 29. The fourth-order valence-electron chi connectivity index (χ4n) is 9.37. The number of nitrogens with zero attached hydrogens (tertiary/aromatic N) is 1. The van der Waals surface area contributed by atoms with E-state index in [4.69, 9.17) is 13.8 Å². The van der Waals surface area contributed by atoms with Gasteiger partial charge in [-0.25, -0.2) is 0 Å². The lowest BCUT2D eigenvalue weighted by Crippen LogP contribution is -2.47. The fourth-order valence-corrected chi connectivity index (χ4v) is 10.1. The average Bonchev–Trinajstić information content (AvgIpc) is 3.46. The topological polar surface area (TPSA) is 114 Å². The second kappa shape index (κ2) is 61.7. The van der Waals surface area contributed by atoms with Crippen molar-refractivity contribution < 1.29 is 37.3 Å². The molecular formula is C73H129N2O7P. The highest BCUT2D eigenvalue weighted by Gasteiger charge is 2.27. The van der Waals surface area contributed by atoms with Gasteiger partial charge in [0.2, 0.25) is 5.91 Å². The molecule has 0 aliphatic rings. The summed E-state index contributed by atoms with van der Waals surface area (Å²) in [6, 6.07) is -0.913. The number of hydrogen-bond donors (Lipinski definition) is 1. The van der Waals surface area contributed by atoms with E-state index < -0.39 is 26.6 Å². The number of allylic oxidation sites excluding steroid dienone is 17. The second-order valence-electron chi connectivity index (χ2n) is 24.0. The zero-order chi connectivity index (χ0) is 60.7. The molecule has 0 spiro atoms. The standard InChI is InChI=1S/C73H129N2O7P/c1-7-10-13-16-19-22-25-28-30-32-34-35-36-37-38-39-41-42-44-47-50-53-56-59-62-65-72(76)74-70(69-81-83(78,79)80-68-67-75(4,5)6)71(64-61-58-55-52-49-46-27-24-21-18-15-12-9-3)82-73(77)66-63-60-57-54-51-48-45-43-40-33-31-29-26-23-20-17-14-11-8-2/h19-20,22-23,28-31,34-35,37-38,40,43,48,51,61,64,70-71H,7-18,21,24-27,32-33,36,39,41-42,44-47,49-50,52-60,62-63,65-69H2,1-6H3,(H-,74,76,78,79)/b22-19-,23-20-,30-28-,31-29-,35-34-,38-37-,43-40-,51-48-,64-61-. The summed E-state index contributed by atoms with van der Waals surface area (Å²) in [7, 11) is 1.15. The van der Waals surface area contributed by atoms with Crippen molar-refractivity contribution in [3.8, 4) is 0 Å². The Morgan fingerprint density at radius 1 is 0.422 bits per heavy atom. The van der Waals surface area contributed by atoms with E-state index in [1.165, 1.54) is 141 Å². The number of amides is 1. The Kier molecular flexibility index (Phi) is 59.3. The van der Waals surface area contributed by atoms with Gasteiger partial charge in [-0.05, 0) is 122 Å². The molecule has 478 valence electrons. The summed E-state index contributed by atoms with van der Waals surface area (Å²) in [4.78, 5) is 40.1. The van der Waals surface area contributed by atoms with Gasteiger partial charge in [-0.2, -0.15) is 0 Å². The first-order valence-corrected chi connectivity index (χ1v) is 35.7. The number of esters is 1. The van der Waals surface area contributed by atoms with E-state index in [0.717, 1.165) is 109 Å². The van der Waals surface area contributed by atoms with E-state index in [2.05, 4.69) is 123 Å². The van der Waals surface area contributed by atoms with Crippen LogP contribution in [0.3, 0.4) is 0 Å². The van der Waals surface area contributed by atoms with E-state index in [1.54, 1.807) is 0 Å². The highest BCUT2D eigenvalue weighted by molar-refractivity contribution is 7.45. The number of nitrogens with one attached hydrogen (secondary N) is 1. The lowest BCUT2D eigenvalue weighted by atomic mass is 10.0. The molecule has 0 aliphatic carbocycles. The average molecular weight is 1180 g/mol. The summed E-state index contributed by atoms with van der Waals surface area (Å²) in [6.07, 6.45) is 84.8. The third-order valence-electron chi connectivity index (χ3n) is 14.7. The predicted molar refractivity (Wildman–Crippen MR) is 357 cm³/mol. The van der Waals surface area contributed by atoms with Crippen molar-refractivity contribution in [2.75, 3.05) is 40.9 Å². The van der Waals surface area contributed by atoms with Crippen molar-refractivity contribution in [3.63, 3.8) is 0 Å². The van der Waals surface area contributed by atoms with Gasteiger partial charge in [0.05, 0.1) is 33.8 Å². The van der Waals surface area contributed by atoms with Crippen molar-refractivity contribution >= 4 is 19.7 Å². The van der Waals surface area contributed by atoms with Crippen LogP contribution in [0.4, 0.5) is 0 Å². The van der Waals surface area contributed by atoms with Crippen molar-refractivity contribution in [2.24, 2.45) is 0 Å². The predicted octanol–water partition coefficient (Wildman–Crippen LogP) is 21.0. The molecule has 0 saturated heterocycles. The Bertz CT molecular complexity index is 1790. The van der Waals surface area contributed by atoms with Crippen LogP contribution in [0.1, 0.15) is 290 Å². The molecule has 83 heavy (non-hydrogen) atoms. The molecule has 0 aromatic heterocycles. The molecular weight excluding hydrogens is 1050 g/mol. The van der Waals surface area contributed by atoms with Crippen molar-refractivity contribution in [1.29, 1.82) is 0 Å². The van der Waals surface area contributed by atoms with Gasteiger partial charge < -0.3 is 28.5 Å². The number of carbonyl (C=O) groups excluding carboxylic acids is 2. The van der Waals surface area contributed by atoms with Gasteiger partial charge in [-0.1, -0.05) is 265 Å². The first-order chi connectivity index (χ1) is 40.4. The number of quaternary nitrogens is 1. The van der Waals surface area contributed by atoms with Gasteiger partial charge in [-0.15, -0.1) is 0 Å². The van der Waals surface area contributed by atoms with Crippen LogP contribution in [0, 0.1) is 0 Å². The number of hydrogen-bond acceptors (Lipinski definition) is 7. The summed E-state index contributed by atoms with van der Waals surface area (Å²) in [5.41, 5.74) is 0. The van der Waals surface area contributed by atoms with Crippen LogP contribution in [0.5, 0.6) is 0 Å². The van der Waals surface area contributed by atoms with Crippen LogP contribution in [0.15, 0.2) is 109 Å². The first-order valence-electron chi connectivity index (χ1n) is 34.2. The molecule has 9 nitrogen and oxygen atoms in total. The molecule has 10 heteroatoms. The highest BCUT2D eigenvalue weighted by atomic mass is 31.2. The SMILES string of the molecule is CCCCC/C=C\C/C=C\C/C=C\C/C=C\CCCCCCCCCCCC(=O)NC(COP(=O)([O-])OCC[N+](C)(C)C)C(/C=C\CCCCCCCCCCCCC)OC(=O)CCCCC/C=C\C/C=C\C/C=C\C/C=C\CCCCC. The van der Waals surface area contributed by atoms with Crippen LogP contribution >= 0.6 is 7.82 Å². The molecule has 0 aromatic rings. The van der Waals surface area contributed by atoms with E-state index >= 15 is 0 Å².